The van der Waals surface area contributed by atoms with Gasteiger partial charge >= 0.3 is 0 Å². The van der Waals surface area contributed by atoms with E-state index in [1.54, 1.807) is 30.3 Å². The van der Waals surface area contributed by atoms with Crippen molar-refractivity contribution < 1.29 is 27.2 Å². The number of ether oxygens (including phenoxy) is 3. The average Bonchev–Trinajstić information content (AvgIpc) is 2.59. The van der Waals surface area contributed by atoms with Crippen LogP contribution in [-0.4, -0.2) is 41.0 Å². The van der Waals surface area contributed by atoms with E-state index in [-0.39, 0.29) is 4.90 Å². The molecule has 130 valence electrons. The van der Waals surface area contributed by atoms with Crippen molar-refractivity contribution in [2.75, 3.05) is 28.0 Å². The zero-order chi connectivity index (χ0) is 17.9. The molecule has 24 heavy (non-hydrogen) atoms. The van der Waals surface area contributed by atoms with Gasteiger partial charge < -0.3 is 14.2 Å². The zero-order valence-electron chi connectivity index (χ0n) is 13.8. The van der Waals surface area contributed by atoms with Crippen LogP contribution in [0.5, 0.6) is 17.2 Å². The van der Waals surface area contributed by atoms with Crippen LogP contribution in [0.1, 0.15) is 0 Å². The van der Waals surface area contributed by atoms with Crippen molar-refractivity contribution in [3.63, 3.8) is 0 Å². The molecule has 1 N–H and O–H groups in total. The fourth-order valence-electron chi connectivity index (χ4n) is 2.39. The van der Waals surface area contributed by atoms with Gasteiger partial charge in [0.15, 0.2) is 0 Å². The highest BCUT2D eigenvalue weighted by atomic mass is 32.2. The predicted octanol–water partition coefficient (Wildman–Crippen LogP) is 2.02. The first-order valence-electron chi connectivity index (χ1n) is 6.93. The Bertz CT molecular complexity index is 809. The zero-order valence-corrected chi connectivity index (χ0v) is 15.5. The standard InChI is InChI=1S/C16H19O6PS/c1-20-11-9-12(21-2)16(13(10-11)22-3)23(4)14-7-5-6-8-15(14)24(17,18)19/h5-10H,1-4H3,(H,17,18,19). The maximum atomic E-state index is 11.7. The fourth-order valence-corrected chi connectivity index (χ4v) is 5.66. The second kappa shape index (κ2) is 7.38. The van der Waals surface area contributed by atoms with Gasteiger partial charge in [-0.3, -0.25) is 4.55 Å². The third kappa shape index (κ3) is 3.64. The van der Waals surface area contributed by atoms with Gasteiger partial charge in [-0.05, 0) is 20.7 Å². The number of benzene rings is 2. The molecule has 0 aliphatic heterocycles. The normalized spacial score (nSPS) is 12.5. The maximum absolute atomic E-state index is 11.7. The molecule has 1 unspecified atom stereocenters. The summed E-state index contributed by atoms with van der Waals surface area (Å²) in [6.07, 6.45) is 0. The van der Waals surface area contributed by atoms with Crippen LogP contribution < -0.4 is 24.8 Å². The predicted molar refractivity (Wildman–Crippen MR) is 94.5 cm³/mol. The monoisotopic (exact) mass is 370 g/mol. The number of rotatable bonds is 6. The van der Waals surface area contributed by atoms with Crippen LogP contribution in [0.3, 0.4) is 0 Å². The van der Waals surface area contributed by atoms with Gasteiger partial charge in [0.05, 0.1) is 26.6 Å². The van der Waals surface area contributed by atoms with Crippen LogP contribution in [0, 0.1) is 0 Å². The first-order chi connectivity index (χ1) is 11.3. The highest BCUT2D eigenvalue weighted by Crippen LogP contribution is 2.41. The van der Waals surface area contributed by atoms with Crippen LogP contribution in [0.4, 0.5) is 0 Å². The largest absolute Gasteiger partial charge is 0.496 e. The van der Waals surface area contributed by atoms with Gasteiger partial charge in [-0.1, -0.05) is 18.2 Å². The van der Waals surface area contributed by atoms with E-state index in [9.17, 15) is 13.0 Å². The Hall–Kier alpha value is -1.82. The molecule has 1 atom stereocenters. The number of methoxy groups -OCH3 is 3. The van der Waals surface area contributed by atoms with E-state index in [0.717, 1.165) is 5.30 Å². The quantitative estimate of drug-likeness (QED) is 0.619. The molecule has 0 aromatic heterocycles. The third-order valence-corrected chi connectivity index (χ3v) is 6.82. The van der Waals surface area contributed by atoms with E-state index in [4.69, 9.17) is 14.2 Å². The molecule has 0 aliphatic carbocycles. The van der Waals surface area contributed by atoms with E-state index >= 15 is 0 Å². The minimum atomic E-state index is -4.33. The van der Waals surface area contributed by atoms with Gasteiger partial charge in [0.2, 0.25) is 0 Å². The summed E-state index contributed by atoms with van der Waals surface area (Å²) in [6, 6.07) is 9.78. The fraction of sp³-hybridized carbons (Fsp3) is 0.250. The SMILES string of the molecule is COc1cc(OC)c(P(C)c2ccccc2S(=O)(=O)O)c(OC)c1. The van der Waals surface area contributed by atoms with Crippen molar-refractivity contribution in [2.45, 2.75) is 4.90 Å². The molecule has 0 saturated heterocycles. The summed E-state index contributed by atoms with van der Waals surface area (Å²) < 4.78 is 49.0. The molecule has 0 radical (unpaired) electrons. The van der Waals surface area contributed by atoms with Gasteiger partial charge in [-0.15, -0.1) is 0 Å². The van der Waals surface area contributed by atoms with E-state index in [2.05, 4.69) is 0 Å². The van der Waals surface area contributed by atoms with E-state index in [0.29, 0.717) is 22.6 Å². The van der Waals surface area contributed by atoms with Crippen molar-refractivity contribution in [3.05, 3.63) is 36.4 Å². The topological polar surface area (TPSA) is 82.1 Å². The van der Waals surface area contributed by atoms with Crippen LogP contribution in [0.2, 0.25) is 0 Å². The maximum Gasteiger partial charge on any atom is 0.295 e. The Labute approximate surface area is 142 Å². The number of hydrogen-bond donors (Lipinski definition) is 1. The second-order valence-electron chi connectivity index (χ2n) is 4.88. The Morgan fingerprint density at radius 2 is 1.50 bits per heavy atom. The van der Waals surface area contributed by atoms with Gasteiger partial charge in [0.1, 0.15) is 22.1 Å². The molecular weight excluding hydrogens is 351 g/mol. The summed E-state index contributed by atoms with van der Waals surface area (Å²) in [5.41, 5.74) is 0. The lowest BCUT2D eigenvalue weighted by molar-refractivity contribution is 0.380. The van der Waals surface area contributed by atoms with Crippen molar-refractivity contribution in [2.24, 2.45) is 0 Å². The molecule has 0 saturated carbocycles. The van der Waals surface area contributed by atoms with E-state index in [1.165, 1.54) is 27.4 Å². The Kier molecular flexibility index (Phi) is 5.70. The first kappa shape index (κ1) is 18.5. The first-order valence-corrected chi connectivity index (χ1v) is 10.2. The smallest absolute Gasteiger partial charge is 0.295 e. The Morgan fingerprint density at radius 1 is 0.958 bits per heavy atom. The summed E-state index contributed by atoms with van der Waals surface area (Å²) in [5.74, 6) is 1.63. The van der Waals surface area contributed by atoms with Crippen LogP contribution in [0.15, 0.2) is 41.3 Å². The highest BCUT2D eigenvalue weighted by Gasteiger charge is 2.25. The van der Waals surface area contributed by atoms with Crippen LogP contribution >= 0.6 is 7.92 Å². The lowest BCUT2D eigenvalue weighted by Crippen LogP contribution is -2.20. The third-order valence-electron chi connectivity index (χ3n) is 3.53. The molecule has 0 bridgehead atoms. The van der Waals surface area contributed by atoms with Gasteiger partial charge in [-0.25, -0.2) is 0 Å². The molecule has 0 fully saturated rings. The highest BCUT2D eigenvalue weighted by molar-refractivity contribution is 7.87. The van der Waals surface area contributed by atoms with E-state index in [1.807, 2.05) is 6.66 Å². The Morgan fingerprint density at radius 3 is 1.96 bits per heavy atom. The Balaban J connectivity index is 2.69. The average molecular weight is 370 g/mol. The number of hydrogen-bond acceptors (Lipinski definition) is 5. The van der Waals surface area contributed by atoms with E-state index < -0.39 is 18.0 Å². The summed E-state index contributed by atoms with van der Waals surface area (Å²) in [4.78, 5) is -0.112. The van der Waals surface area contributed by atoms with Crippen molar-refractivity contribution in [1.29, 1.82) is 0 Å². The second-order valence-corrected chi connectivity index (χ2v) is 8.32. The molecule has 0 heterocycles. The van der Waals surface area contributed by atoms with Gasteiger partial charge in [0.25, 0.3) is 10.1 Å². The van der Waals surface area contributed by atoms with Crippen LogP contribution in [-0.2, 0) is 10.1 Å². The van der Waals surface area contributed by atoms with Crippen molar-refractivity contribution in [3.8, 4) is 17.2 Å². The molecule has 8 heteroatoms. The van der Waals surface area contributed by atoms with Gasteiger partial charge in [-0.2, -0.15) is 8.42 Å². The molecule has 2 aromatic carbocycles. The molecule has 0 aliphatic rings. The lowest BCUT2D eigenvalue weighted by Gasteiger charge is -2.22. The summed E-state index contributed by atoms with van der Waals surface area (Å²) in [7, 11) is -0.915. The van der Waals surface area contributed by atoms with Crippen LogP contribution in [0.25, 0.3) is 0 Å². The van der Waals surface area contributed by atoms with Crippen molar-refractivity contribution in [1.82, 2.24) is 0 Å². The molecular formula is C16H19O6PS. The minimum Gasteiger partial charge on any atom is -0.496 e. The minimum absolute atomic E-state index is 0.112. The molecule has 0 spiro atoms. The summed E-state index contributed by atoms with van der Waals surface area (Å²) >= 11 is 0. The molecule has 6 nitrogen and oxygen atoms in total. The molecule has 2 rings (SSSR count). The van der Waals surface area contributed by atoms with Crippen molar-refractivity contribution >= 4 is 28.6 Å². The van der Waals surface area contributed by atoms with Gasteiger partial charge in [0, 0.05) is 17.4 Å². The molecule has 0 amide bonds. The lowest BCUT2D eigenvalue weighted by atomic mass is 10.3. The summed E-state index contributed by atoms with van der Waals surface area (Å²) in [6.45, 7) is 1.88. The molecule has 2 aromatic rings. The summed E-state index contributed by atoms with van der Waals surface area (Å²) in [5, 5.41) is 1.24.